The van der Waals surface area contributed by atoms with Crippen molar-refractivity contribution in [3.8, 4) is 5.75 Å². The first-order valence-electron chi connectivity index (χ1n) is 8.83. The van der Waals surface area contributed by atoms with E-state index in [2.05, 4.69) is 43.5 Å². The molecule has 0 aliphatic carbocycles. The summed E-state index contributed by atoms with van der Waals surface area (Å²) in [6.07, 6.45) is 1.69. The van der Waals surface area contributed by atoms with Crippen molar-refractivity contribution in [2.24, 2.45) is 4.99 Å². The van der Waals surface area contributed by atoms with Crippen molar-refractivity contribution in [2.45, 2.75) is 6.61 Å². The number of carbonyl (C=O) groups is 1. The number of halogens is 2. The largest absolute Gasteiger partial charge is 0.488 e. The zero-order valence-electron chi connectivity index (χ0n) is 15.1. The fourth-order valence-electron chi connectivity index (χ4n) is 2.79. The molecule has 0 fully saturated rings. The summed E-state index contributed by atoms with van der Waals surface area (Å²) in [5, 5.41) is 0. The maximum Gasteiger partial charge on any atom is 0.363 e. The Bertz CT molecular complexity index is 1120. The monoisotopic (exact) mass is 559 g/mol. The molecular weight excluding hydrogens is 545 g/mol. The van der Waals surface area contributed by atoms with Gasteiger partial charge in [-0.25, -0.2) is 9.79 Å². The highest BCUT2D eigenvalue weighted by Gasteiger charge is 2.24. The predicted molar refractivity (Wildman–Crippen MR) is 125 cm³/mol. The number of cyclic esters (lactones) is 1. The van der Waals surface area contributed by atoms with Gasteiger partial charge in [0.05, 0.1) is 0 Å². The molecule has 1 aliphatic heterocycles. The molecule has 0 aromatic heterocycles. The van der Waals surface area contributed by atoms with Crippen LogP contribution in [-0.4, -0.2) is 11.9 Å². The zero-order valence-corrected chi connectivity index (χ0v) is 18.9. The Balaban J connectivity index is 1.57. The molecular formula is C23H15BrINO3. The van der Waals surface area contributed by atoms with Gasteiger partial charge in [0.15, 0.2) is 5.70 Å². The Hall–Kier alpha value is -2.45. The lowest BCUT2D eigenvalue weighted by atomic mass is 10.1. The lowest BCUT2D eigenvalue weighted by Crippen LogP contribution is -2.05. The molecule has 0 N–H and O–H groups in total. The second-order valence-electron chi connectivity index (χ2n) is 6.30. The van der Waals surface area contributed by atoms with Crippen LogP contribution < -0.4 is 4.74 Å². The summed E-state index contributed by atoms with van der Waals surface area (Å²) in [4.78, 5) is 16.7. The smallest absolute Gasteiger partial charge is 0.363 e. The highest BCUT2D eigenvalue weighted by Crippen LogP contribution is 2.26. The molecule has 0 atom stereocenters. The van der Waals surface area contributed by atoms with E-state index in [-0.39, 0.29) is 5.70 Å². The SMILES string of the molecule is O=C1OC(c2ccc(I)cc2)=N/C1=C\c1ccccc1OCc1cccc(Br)c1. The van der Waals surface area contributed by atoms with Gasteiger partial charge < -0.3 is 9.47 Å². The van der Waals surface area contributed by atoms with Gasteiger partial charge in [-0.1, -0.05) is 46.3 Å². The van der Waals surface area contributed by atoms with Crippen molar-refractivity contribution in [2.75, 3.05) is 0 Å². The average molecular weight is 560 g/mol. The van der Waals surface area contributed by atoms with Gasteiger partial charge in [-0.2, -0.15) is 0 Å². The van der Waals surface area contributed by atoms with E-state index in [0.29, 0.717) is 18.3 Å². The molecule has 1 aliphatic rings. The number of para-hydroxylation sites is 1. The van der Waals surface area contributed by atoms with E-state index in [1.165, 1.54) is 0 Å². The molecule has 0 radical (unpaired) electrons. The molecule has 1 heterocycles. The van der Waals surface area contributed by atoms with Crippen LogP contribution in [0, 0.1) is 3.57 Å². The first-order valence-corrected chi connectivity index (χ1v) is 10.7. The normalized spacial score (nSPS) is 14.6. The molecule has 0 saturated heterocycles. The third-order valence-corrected chi connectivity index (χ3v) is 5.42. The van der Waals surface area contributed by atoms with Crippen LogP contribution in [0.2, 0.25) is 0 Å². The lowest BCUT2D eigenvalue weighted by Gasteiger charge is -2.09. The van der Waals surface area contributed by atoms with Crippen LogP contribution in [0.25, 0.3) is 6.08 Å². The van der Waals surface area contributed by atoms with Crippen molar-refractivity contribution >= 4 is 56.5 Å². The minimum absolute atomic E-state index is 0.247. The van der Waals surface area contributed by atoms with Crippen LogP contribution in [0.1, 0.15) is 16.7 Å². The van der Waals surface area contributed by atoms with Gasteiger partial charge in [0.2, 0.25) is 5.90 Å². The Kier molecular flexibility index (Phi) is 6.10. The molecule has 6 heteroatoms. The van der Waals surface area contributed by atoms with Gasteiger partial charge in [0.25, 0.3) is 0 Å². The molecule has 3 aromatic carbocycles. The van der Waals surface area contributed by atoms with Crippen LogP contribution in [0.3, 0.4) is 0 Å². The van der Waals surface area contributed by atoms with Gasteiger partial charge in [0, 0.05) is 19.2 Å². The third kappa shape index (κ3) is 4.94. The highest BCUT2D eigenvalue weighted by molar-refractivity contribution is 14.1. The molecule has 0 spiro atoms. The van der Waals surface area contributed by atoms with Crippen LogP contribution in [-0.2, 0) is 16.1 Å². The summed E-state index contributed by atoms with van der Waals surface area (Å²) >= 11 is 5.69. The summed E-state index contributed by atoms with van der Waals surface area (Å²) in [6.45, 7) is 0.418. The maximum absolute atomic E-state index is 12.3. The van der Waals surface area contributed by atoms with E-state index >= 15 is 0 Å². The minimum atomic E-state index is -0.472. The molecule has 3 aromatic rings. The summed E-state index contributed by atoms with van der Waals surface area (Å²) in [5.74, 6) is 0.510. The molecule has 4 nitrogen and oxygen atoms in total. The second-order valence-corrected chi connectivity index (χ2v) is 8.46. The number of rotatable bonds is 5. The van der Waals surface area contributed by atoms with Gasteiger partial charge in [0.1, 0.15) is 12.4 Å². The number of hydrogen-bond donors (Lipinski definition) is 0. The number of carbonyl (C=O) groups excluding carboxylic acids is 1. The molecule has 4 rings (SSSR count). The van der Waals surface area contributed by atoms with E-state index in [4.69, 9.17) is 9.47 Å². The lowest BCUT2D eigenvalue weighted by molar-refractivity contribution is -0.129. The van der Waals surface area contributed by atoms with Gasteiger partial charge >= 0.3 is 5.97 Å². The summed E-state index contributed by atoms with van der Waals surface area (Å²) < 4.78 is 13.4. The second kappa shape index (κ2) is 8.92. The first kappa shape index (κ1) is 19.8. The standard InChI is InChI=1S/C23H15BrINO3/c24-18-6-3-4-15(12-18)14-28-21-7-2-1-5-17(21)13-20-23(27)29-22(26-20)16-8-10-19(25)11-9-16/h1-13H,14H2/b20-13-. The van der Waals surface area contributed by atoms with Crippen molar-refractivity contribution in [1.29, 1.82) is 0 Å². The van der Waals surface area contributed by atoms with Gasteiger partial charge in [-0.3, -0.25) is 0 Å². The third-order valence-electron chi connectivity index (χ3n) is 4.21. The molecule has 0 unspecified atom stereocenters. The molecule has 144 valence electrons. The van der Waals surface area contributed by atoms with E-state index in [0.717, 1.165) is 24.7 Å². The Morgan fingerprint density at radius 2 is 1.83 bits per heavy atom. The van der Waals surface area contributed by atoms with Crippen LogP contribution >= 0.6 is 38.5 Å². The van der Waals surface area contributed by atoms with E-state index < -0.39 is 5.97 Å². The Labute approximate surface area is 190 Å². The summed E-state index contributed by atoms with van der Waals surface area (Å²) in [5.41, 5.74) is 2.82. The molecule has 29 heavy (non-hydrogen) atoms. The predicted octanol–water partition coefficient (Wildman–Crippen LogP) is 5.98. The fourth-order valence-corrected chi connectivity index (χ4v) is 3.60. The summed E-state index contributed by atoms with van der Waals surface area (Å²) in [7, 11) is 0. The van der Waals surface area contributed by atoms with Crippen molar-refractivity contribution in [3.63, 3.8) is 0 Å². The maximum atomic E-state index is 12.3. The number of hydrogen-bond acceptors (Lipinski definition) is 4. The highest BCUT2D eigenvalue weighted by atomic mass is 127. The molecule has 0 saturated carbocycles. The fraction of sp³-hybridized carbons (Fsp3) is 0.0435. The molecule has 0 amide bonds. The number of aliphatic imine (C=N–C) groups is 1. The number of esters is 1. The number of benzene rings is 3. The molecule has 0 bridgehead atoms. The van der Waals surface area contributed by atoms with Crippen LogP contribution in [0.15, 0.2) is 88.0 Å². The van der Waals surface area contributed by atoms with Gasteiger partial charge in [-0.15, -0.1) is 0 Å². The zero-order chi connectivity index (χ0) is 20.2. The van der Waals surface area contributed by atoms with Crippen LogP contribution in [0.4, 0.5) is 0 Å². The summed E-state index contributed by atoms with van der Waals surface area (Å²) in [6, 6.07) is 23.1. The van der Waals surface area contributed by atoms with Crippen molar-refractivity contribution in [3.05, 3.63) is 103 Å². The average Bonchev–Trinajstić information content (AvgIpc) is 3.08. The topological polar surface area (TPSA) is 47.9 Å². The minimum Gasteiger partial charge on any atom is -0.488 e. The quantitative estimate of drug-likeness (QED) is 0.219. The first-order chi connectivity index (χ1) is 14.1. The van der Waals surface area contributed by atoms with Crippen molar-refractivity contribution < 1.29 is 14.3 Å². The Morgan fingerprint density at radius 3 is 2.62 bits per heavy atom. The van der Waals surface area contributed by atoms with Crippen LogP contribution in [0.5, 0.6) is 5.75 Å². The Morgan fingerprint density at radius 1 is 1.03 bits per heavy atom. The van der Waals surface area contributed by atoms with E-state index in [1.54, 1.807) is 6.08 Å². The van der Waals surface area contributed by atoms with E-state index in [1.807, 2.05) is 72.8 Å². The van der Waals surface area contributed by atoms with Crippen molar-refractivity contribution in [1.82, 2.24) is 0 Å². The number of nitrogens with zero attached hydrogens (tertiary/aromatic N) is 1. The van der Waals surface area contributed by atoms with E-state index in [9.17, 15) is 4.79 Å². The number of ether oxygens (including phenoxy) is 2. The van der Waals surface area contributed by atoms with Gasteiger partial charge in [-0.05, 0) is 76.7 Å².